The van der Waals surface area contributed by atoms with Gasteiger partial charge in [0.25, 0.3) is 7.52 Å². The minimum atomic E-state index is -4.14. The topological polar surface area (TPSA) is 124 Å². The molecule has 0 aromatic heterocycles. The van der Waals surface area contributed by atoms with Crippen LogP contribution in [-0.4, -0.2) is 33.1 Å². The summed E-state index contributed by atoms with van der Waals surface area (Å²) in [6.07, 6.45) is -1.14. The highest BCUT2D eigenvalue weighted by atomic mass is 31.2. The first-order valence-electron chi connectivity index (χ1n) is 6.82. The zero-order chi connectivity index (χ0) is 17.0. The lowest BCUT2D eigenvalue weighted by Crippen LogP contribution is -2.34. The second kappa shape index (κ2) is 6.91. The van der Waals surface area contributed by atoms with Crippen LogP contribution in [0.4, 0.5) is 0 Å². The van der Waals surface area contributed by atoms with Crippen LogP contribution in [0.3, 0.4) is 0 Å². The van der Waals surface area contributed by atoms with Gasteiger partial charge in [-0.1, -0.05) is 36.4 Å². The summed E-state index contributed by atoms with van der Waals surface area (Å²) in [4.78, 5) is 32.0. The largest absolute Gasteiger partial charge is 0.481 e. The molecule has 7 nitrogen and oxygen atoms in total. The molecule has 0 aliphatic carbocycles. The maximum Gasteiger partial charge on any atom is 0.304 e. The Labute approximate surface area is 132 Å². The molecule has 0 radical (unpaired) electrons. The summed E-state index contributed by atoms with van der Waals surface area (Å²) >= 11 is 0. The second-order valence-electron chi connectivity index (χ2n) is 5.10. The van der Waals surface area contributed by atoms with E-state index >= 15 is 0 Å². The second-order valence-corrected chi connectivity index (χ2v) is 6.99. The van der Waals surface area contributed by atoms with Gasteiger partial charge in [-0.3, -0.25) is 14.2 Å². The van der Waals surface area contributed by atoms with Crippen LogP contribution in [0.25, 0.3) is 10.8 Å². The molecule has 0 aliphatic heterocycles. The lowest BCUT2D eigenvalue weighted by atomic mass is 10.1. The maximum absolute atomic E-state index is 12.7. The molecule has 0 fully saturated rings. The van der Waals surface area contributed by atoms with Gasteiger partial charge in [-0.2, -0.15) is 0 Å². The molecule has 0 heterocycles. The van der Waals surface area contributed by atoms with Gasteiger partial charge >= 0.3 is 11.9 Å². The van der Waals surface area contributed by atoms with E-state index in [4.69, 9.17) is 10.2 Å². The molecule has 1 atom stereocenters. The summed E-state index contributed by atoms with van der Waals surface area (Å²) < 4.78 is 12.7. The third-order valence-electron chi connectivity index (χ3n) is 3.29. The van der Waals surface area contributed by atoms with E-state index < -0.39 is 38.3 Å². The zero-order valence-corrected chi connectivity index (χ0v) is 12.9. The average Bonchev–Trinajstić information content (AvgIpc) is 2.44. The molecule has 1 unspecified atom stereocenters. The Hall–Kier alpha value is -2.21. The van der Waals surface area contributed by atoms with E-state index in [9.17, 15) is 19.0 Å². The fourth-order valence-corrected chi connectivity index (χ4v) is 4.01. The number of fused-ring (bicyclic) bond motifs is 1. The molecule has 23 heavy (non-hydrogen) atoms. The predicted molar refractivity (Wildman–Crippen MR) is 84.8 cm³/mol. The third-order valence-corrected chi connectivity index (χ3v) is 5.05. The molecule has 0 bridgehead atoms. The van der Waals surface area contributed by atoms with Gasteiger partial charge < -0.3 is 15.1 Å². The highest BCUT2D eigenvalue weighted by Crippen LogP contribution is 2.38. The van der Waals surface area contributed by atoms with Crippen molar-refractivity contribution in [1.29, 1.82) is 0 Å². The van der Waals surface area contributed by atoms with Crippen molar-refractivity contribution in [3.63, 3.8) is 0 Å². The number of hydrogen-bond acceptors (Lipinski definition) is 3. The summed E-state index contributed by atoms with van der Waals surface area (Å²) in [6, 6.07) is 10.7. The van der Waals surface area contributed by atoms with Gasteiger partial charge in [-0.15, -0.1) is 0 Å². The molecular formula is C15H16NO6P. The van der Waals surface area contributed by atoms with Crippen LogP contribution in [0.2, 0.25) is 0 Å². The lowest BCUT2D eigenvalue weighted by molar-refractivity contribution is -0.139. The first kappa shape index (κ1) is 17.1. The molecule has 0 saturated carbocycles. The molecule has 4 N–H and O–H groups in total. The summed E-state index contributed by atoms with van der Waals surface area (Å²) in [5.74, 6) is -2.50. The van der Waals surface area contributed by atoms with Crippen molar-refractivity contribution in [1.82, 2.24) is 5.09 Å². The van der Waals surface area contributed by atoms with Gasteiger partial charge in [0.1, 0.15) is 0 Å². The fourth-order valence-electron chi connectivity index (χ4n) is 2.37. The number of aliphatic carboxylic acids is 2. The minimum Gasteiger partial charge on any atom is -0.481 e. The lowest BCUT2D eigenvalue weighted by Gasteiger charge is -2.21. The molecule has 0 aliphatic rings. The standard InChI is InChI=1S/C15H16NO6P/c17-14(18)8-11(9-15(19)20)16-23(21,22)13-7-3-5-10-4-1-2-6-12(10)13/h1-7,11H,8-9H2,(H,17,18)(H,19,20)(H2,16,21,22). The Morgan fingerprint density at radius 3 is 2.17 bits per heavy atom. The van der Waals surface area contributed by atoms with Crippen LogP contribution < -0.4 is 10.4 Å². The fraction of sp³-hybridized carbons (Fsp3) is 0.200. The highest BCUT2D eigenvalue weighted by molar-refractivity contribution is 7.64. The smallest absolute Gasteiger partial charge is 0.304 e. The van der Waals surface area contributed by atoms with Crippen molar-refractivity contribution in [3.05, 3.63) is 42.5 Å². The van der Waals surface area contributed by atoms with Gasteiger partial charge in [0.05, 0.1) is 18.1 Å². The number of carboxylic acid groups (broad SMARTS) is 2. The molecule has 0 spiro atoms. The number of carbonyl (C=O) groups is 2. The van der Waals surface area contributed by atoms with E-state index in [2.05, 4.69) is 5.09 Å². The molecule has 2 aromatic rings. The number of carboxylic acids is 2. The van der Waals surface area contributed by atoms with Gasteiger partial charge in [0, 0.05) is 6.04 Å². The summed E-state index contributed by atoms with van der Waals surface area (Å²) in [5, 5.41) is 21.4. The normalized spacial score (nSPS) is 13.8. The van der Waals surface area contributed by atoms with E-state index in [-0.39, 0.29) is 5.30 Å². The number of benzene rings is 2. The van der Waals surface area contributed by atoms with Crippen LogP contribution in [0.15, 0.2) is 42.5 Å². The Bertz CT molecular complexity index is 769. The van der Waals surface area contributed by atoms with E-state index in [0.717, 1.165) is 5.39 Å². The van der Waals surface area contributed by atoms with Crippen molar-refractivity contribution in [2.45, 2.75) is 18.9 Å². The van der Waals surface area contributed by atoms with Crippen molar-refractivity contribution in [3.8, 4) is 0 Å². The van der Waals surface area contributed by atoms with Gasteiger partial charge in [0.2, 0.25) is 0 Å². The highest BCUT2D eigenvalue weighted by Gasteiger charge is 2.29. The Kier molecular flexibility index (Phi) is 5.15. The van der Waals surface area contributed by atoms with Crippen LogP contribution in [-0.2, 0) is 14.2 Å². The molecule has 2 aromatic carbocycles. The Balaban J connectivity index is 2.36. The van der Waals surface area contributed by atoms with Crippen molar-refractivity contribution >= 4 is 35.5 Å². The van der Waals surface area contributed by atoms with E-state index in [1.807, 2.05) is 0 Å². The molecule has 0 saturated heterocycles. The number of hydrogen-bond donors (Lipinski definition) is 4. The maximum atomic E-state index is 12.7. The molecule has 2 rings (SSSR count). The quantitative estimate of drug-likeness (QED) is 0.565. The van der Waals surface area contributed by atoms with E-state index in [0.29, 0.717) is 5.39 Å². The molecular weight excluding hydrogens is 321 g/mol. The van der Waals surface area contributed by atoms with Crippen molar-refractivity contribution in [2.75, 3.05) is 0 Å². The first-order valence-corrected chi connectivity index (χ1v) is 8.48. The molecule has 8 heteroatoms. The minimum absolute atomic E-state index is 0.122. The Morgan fingerprint density at radius 1 is 1.00 bits per heavy atom. The summed E-state index contributed by atoms with van der Waals surface area (Å²) in [6.45, 7) is 0. The summed E-state index contributed by atoms with van der Waals surface area (Å²) in [7, 11) is -4.14. The monoisotopic (exact) mass is 337 g/mol. The van der Waals surface area contributed by atoms with Gasteiger partial charge in [0.15, 0.2) is 0 Å². The molecule has 0 amide bonds. The molecule has 122 valence electrons. The Morgan fingerprint density at radius 2 is 1.57 bits per heavy atom. The summed E-state index contributed by atoms with van der Waals surface area (Å²) in [5.41, 5.74) is 0. The SMILES string of the molecule is O=C(O)CC(CC(=O)O)NP(=O)(O)c1cccc2ccccc12. The van der Waals surface area contributed by atoms with Crippen LogP contribution in [0, 0.1) is 0 Å². The zero-order valence-electron chi connectivity index (χ0n) is 12.0. The van der Waals surface area contributed by atoms with E-state index in [1.165, 1.54) is 6.07 Å². The third kappa shape index (κ3) is 4.39. The van der Waals surface area contributed by atoms with Gasteiger partial charge in [-0.05, 0) is 16.8 Å². The number of rotatable bonds is 7. The van der Waals surface area contributed by atoms with Crippen LogP contribution in [0.5, 0.6) is 0 Å². The number of nitrogens with one attached hydrogen (secondary N) is 1. The van der Waals surface area contributed by atoms with Gasteiger partial charge in [-0.25, -0.2) is 5.09 Å². The van der Waals surface area contributed by atoms with E-state index in [1.54, 1.807) is 36.4 Å². The van der Waals surface area contributed by atoms with Crippen LogP contribution >= 0.6 is 7.52 Å². The van der Waals surface area contributed by atoms with Crippen molar-refractivity contribution < 1.29 is 29.3 Å². The van der Waals surface area contributed by atoms with Crippen LogP contribution in [0.1, 0.15) is 12.8 Å². The van der Waals surface area contributed by atoms with Crippen molar-refractivity contribution in [2.24, 2.45) is 0 Å². The average molecular weight is 337 g/mol. The first-order chi connectivity index (χ1) is 10.8. The predicted octanol–water partition coefficient (Wildman–Crippen LogP) is 1.56.